The van der Waals surface area contributed by atoms with Crippen molar-refractivity contribution in [2.24, 2.45) is 5.92 Å². The van der Waals surface area contributed by atoms with E-state index < -0.39 is 0 Å². The Bertz CT molecular complexity index is 1090. The van der Waals surface area contributed by atoms with E-state index in [2.05, 4.69) is 23.2 Å². The molecule has 1 saturated heterocycles. The number of hydrogen-bond acceptors (Lipinski definition) is 3. The van der Waals surface area contributed by atoms with Crippen molar-refractivity contribution in [3.8, 4) is 16.9 Å². The van der Waals surface area contributed by atoms with Gasteiger partial charge in [-0.2, -0.15) is 0 Å². The Kier molecular flexibility index (Phi) is 6.86. The van der Waals surface area contributed by atoms with Gasteiger partial charge in [0.05, 0.1) is 7.11 Å². The predicted molar refractivity (Wildman–Crippen MR) is 126 cm³/mol. The van der Waals surface area contributed by atoms with E-state index in [4.69, 9.17) is 4.74 Å². The van der Waals surface area contributed by atoms with Gasteiger partial charge in [-0.05, 0) is 79.9 Å². The number of nitrogens with one attached hydrogen (secondary N) is 1. The maximum absolute atomic E-state index is 13.6. The molecule has 32 heavy (non-hydrogen) atoms. The van der Waals surface area contributed by atoms with Crippen LogP contribution in [-0.2, 0) is 11.3 Å². The fourth-order valence-corrected chi connectivity index (χ4v) is 4.33. The van der Waals surface area contributed by atoms with Crippen LogP contribution in [0.1, 0.15) is 24.0 Å². The van der Waals surface area contributed by atoms with Crippen molar-refractivity contribution in [2.45, 2.75) is 26.3 Å². The van der Waals surface area contributed by atoms with Gasteiger partial charge in [-0.3, -0.25) is 9.69 Å². The Hall–Kier alpha value is -3.18. The van der Waals surface area contributed by atoms with Crippen LogP contribution in [0.3, 0.4) is 0 Å². The molecule has 1 aliphatic rings. The molecular formula is C27H29FN2O2. The lowest BCUT2D eigenvalue weighted by Crippen LogP contribution is -2.38. The summed E-state index contributed by atoms with van der Waals surface area (Å²) < 4.78 is 19.1. The first-order chi connectivity index (χ1) is 15.5. The molecule has 1 fully saturated rings. The molecule has 4 rings (SSSR count). The van der Waals surface area contributed by atoms with E-state index in [9.17, 15) is 9.18 Å². The minimum absolute atomic E-state index is 0.0113. The molecule has 0 atom stereocenters. The average molecular weight is 433 g/mol. The number of halogens is 1. The lowest BCUT2D eigenvalue weighted by Gasteiger charge is -2.32. The molecule has 0 radical (unpaired) electrons. The highest BCUT2D eigenvalue weighted by molar-refractivity contribution is 5.93. The van der Waals surface area contributed by atoms with Gasteiger partial charge in [-0.15, -0.1) is 0 Å². The zero-order chi connectivity index (χ0) is 22.5. The normalized spacial score (nSPS) is 14.8. The third-order valence-corrected chi connectivity index (χ3v) is 6.22. The van der Waals surface area contributed by atoms with Crippen LogP contribution in [0.2, 0.25) is 0 Å². The minimum atomic E-state index is -0.271. The molecule has 3 aromatic carbocycles. The summed E-state index contributed by atoms with van der Waals surface area (Å²) in [6.07, 6.45) is 1.65. The molecule has 1 aliphatic heterocycles. The summed E-state index contributed by atoms with van der Waals surface area (Å²) in [6.45, 7) is 4.69. The quantitative estimate of drug-likeness (QED) is 0.546. The van der Waals surface area contributed by atoms with E-state index in [0.717, 1.165) is 55.0 Å². The summed E-state index contributed by atoms with van der Waals surface area (Å²) in [4.78, 5) is 15.3. The maximum atomic E-state index is 13.6. The van der Waals surface area contributed by atoms with Gasteiger partial charge >= 0.3 is 0 Å². The van der Waals surface area contributed by atoms with Crippen LogP contribution < -0.4 is 10.1 Å². The highest BCUT2D eigenvalue weighted by atomic mass is 19.1. The standard InChI is InChI=1S/C27H29FN2O2/c1-19-6-3-11-26(32-2)25(19)18-30-14-12-20(13-15-30)27(31)29-24-10-5-8-22(17-24)21-7-4-9-23(28)16-21/h3-11,16-17,20H,12-15,18H2,1-2H3,(H,29,31). The molecular weight excluding hydrogens is 403 g/mol. The van der Waals surface area contributed by atoms with Crippen molar-refractivity contribution in [2.75, 3.05) is 25.5 Å². The third kappa shape index (κ3) is 5.17. The van der Waals surface area contributed by atoms with Crippen LogP contribution in [-0.4, -0.2) is 31.0 Å². The van der Waals surface area contributed by atoms with E-state index in [1.54, 1.807) is 13.2 Å². The van der Waals surface area contributed by atoms with Crippen LogP contribution in [0.15, 0.2) is 66.7 Å². The number of aryl methyl sites for hydroxylation is 1. The molecule has 0 spiro atoms. The highest BCUT2D eigenvalue weighted by Crippen LogP contribution is 2.28. The third-order valence-electron chi connectivity index (χ3n) is 6.22. The Morgan fingerprint density at radius 2 is 1.72 bits per heavy atom. The summed E-state index contributed by atoms with van der Waals surface area (Å²) >= 11 is 0. The van der Waals surface area contributed by atoms with Gasteiger partial charge in [0.2, 0.25) is 5.91 Å². The molecule has 5 heteroatoms. The Labute approximate surface area is 189 Å². The smallest absolute Gasteiger partial charge is 0.227 e. The van der Waals surface area contributed by atoms with E-state index in [0.29, 0.717) is 0 Å². The van der Waals surface area contributed by atoms with Crippen LogP contribution in [0.4, 0.5) is 10.1 Å². The minimum Gasteiger partial charge on any atom is -0.496 e. The molecule has 0 unspecified atom stereocenters. The second kappa shape index (κ2) is 9.96. The molecule has 0 aliphatic carbocycles. The molecule has 0 saturated carbocycles. The molecule has 0 bridgehead atoms. The monoisotopic (exact) mass is 432 g/mol. The van der Waals surface area contributed by atoms with E-state index in [1.165, 1.54) is 23.3 Å². The second-order valence-electron chi connectivity index (χ2n) is 8.39. The van der Waals surface area contributed by atoms with Crippen molar-refractivity contribution in [1.29, 1.82) is 0 Å². The first kappa shape index (κ1) is 22.0. The SMILES string of the molecule is COc1cccc(C)c1CN1CCC(C(=O)Nc2cccc(-c3cccc(F)c3)c2)CC1. The lowest BCUT2D eigenvalue weighted by atomic mass is 9.95. The van der Waals surface area contributed by atoms with E-state index in [-0.39, 0.29) is 17.6 Å². The van der Waals surface area contributed by atoms with Gasteiger partial charge in [-0.25, -0.2) is 4.39 Å². The molecule has 3 aromatic rings. The largest absolute Gasteiger partial charge is 0.496 e. The number of benzene rings is 3. The number of likely N-dealkylation sites (tertiary alicyclic amines) is 1. The Balaban J connectivity index is 1.35. The number of hydrogen-bond donors (Lipinski definition) is 1. The topological polar surface area (TPSA) is 41.6 Å². The van der Waals surface area contributed by atoms with Crippen molar-refractivity contribution in [3.63, 3.8) is 0 Å². The van der Waals surface area contributed by atoms with Gasteiger partial charge in [0, 0.05) is 23.7 Å². The number of rotatable bonds is 6. The number of nitrogens with zero attached hydrogens (tertiary/aromatic N) is 1. The number of amides is 1. The van der Waals surface area contributed by atoms with Crippen molar-refractivity contribution in [1.82, 2.24) is 4.90 Å². The van der Waals surface area contributed by atoms with E-state index in [1.807, 2.05) is 42.5 Å². The summed E-state index contributed by atoms with van der Waals surface area (Å²) in [5.41, 5.74) is 4.85. The van der Waals surface area contributed by atoms with Gasteiger partial charge in [-0.1, -0.05) is 36.4 Å². The van der Waals surface area contributed by atoms with Crippen molar-refractivity contribution >= 4 is 11.6 Å². The van der Waals surface area contributed by atoms with Crippen molar-refractivity contribution < 1.29 is 13.9 Å². The second-order valence-corrected chi connectivity index (χ2v) is 8.39. The predicted octanol–water partition coefficient (Wildman–Crippen LogP) is 5.66. The summed E-state index contributed by atoms with van der Waals surface area (Å²) in [5, 5.41) is 3.06. The molecule has 1 N–H and O–H groups in total. The molecule has 1 amide bonds. The molecule has 1 heterocycles. The fraction of sp³-hybridized carbons (Fsp3) is 0.296. The fourth-order valence-electron chi connectivity index (χ4n) is 4.33. The van der Waals surface area contributed by atoms with Gasteiger partial charge in [0.25, 0.3) is 0 Å². The van der Waals surface area contributed by atoms with Crippen LogP contribution in [0, 0.1) is 18.7 Å². The van der Waals surface area contributed by atoms with Crippen LogP contribution in [0.25, 0.3) is 11.1 Å². The maximum Gasteiger partial charge on any atom is 0.227 e. The van der Waals surface area contributed by atoms with Gasteiger partial charge in [0.15, 0.2) is 0 Å². The zero-order valence-corrected chi connectivity index (χ0v) is 18.6. The summed E-state index contributed by atoms with van der Waals surface area (Å²) in [7, 11) is 1.71. The highest BCUT2D eigenvalue weighted by Gasteiger charge is 2.26. The first-order valence-corrected chi connectivity index (χ1v) is 11.0. The average Bonchev–Trinajstić information content (AvgIpc) is 2.81. The number of piperidine rings is 1. The number of methoxy groups -OCH3 is 1. The van der Waals surface area contributed by atoms with Gasteiger partial charge in [0.1, 0.15) is 11.6 Å². The number of anilines is 1. The van der Waals surface area contributed by atoms with Crippen LogP contribution >= 0.6 is 0 Å². The molecule has 0 aromatic heterocycles. The summed E-state index contributed by atoms with van der Waals surface area (Å²) in [5.74, 6) is 0.687. The summed E-state index contributed by atoms with van der Waals surface area (Å²) in [6, 6.07) is 20.2. The molecule has 166 valence electrons. The van der Waals surface area contributed by atoms with Gasteiger partial charge < -0.3 is 10.1 Å². The Morgan fingerprint density at radius 3 is 2.44 bits per heavy atom. The number of carbonyl (C=O) groups excluding carboxylic acids is 1. The van der Waals surface area contributed by atoms with Crippen molar-refractivity contribution in [3.05, 3.63) is 83.7 Å². The first-order valence-electron chi connectivity index (χ1n) is 11.0. The molecule has 4 nitrogen and oxygen atoms in total. The number of carbonyl (C=O) groups is 1. The number of ether oxygens (including phenoxy) is 1. The lowest BCUT2D eigenvalue weighted by molar-refractivity contribution is -0.121. The Morgan fingerprint density at radius 1 is 1.03 bits per heavy atom. The van der Waals surface area contributed by atoms with E-state index >= 15 is 0 Å². The van der Waals surface area contributed by atoms with Crippen LogP contribution in [0.5, 0.6) is 5.75 Å². The zero-order valence-electron chi connectivity index (χ0n) is 18.6.